The fraction of sp³-hybridized carbons (Fsp3) is 0.667. The van der Waals surface area contributed by atoms with Crippen LogP contribution in [-0.2, 0) is 18.4 Å². The lowest BCUT2D eigenvalue weighted by Gasteiger charge is -2.17. The maximum Gasteiger partial charge on any atom is 0.237 e. The van der Waals surface area contributed by atoms with E-state index in [1.165, 1.54) is 0 Å². The van der Waals surface area contributed by atoms with Crippen molar-refractivity contribution >= 4 is 5.91 Å². The minimum Gasteiger partial charge on any atom is -0.351 e. The monoisotopic (exact) mass is 238 g/mol. The highest BCUT2D eigenvalue weighted by Gasteiger charge is 2.19. The summed E-state index contributed by atoms with van der Waals surface area (Å²) in [6.45, 7) is 6.43. The van der Waals surface area contributed by atoms with E-state index in [0.29, 0.717) is 6.54 Å². The molecule has 96 valence electrons. The summed E-state index contributed by atoms with van der Waals surface area (Å²) in [5, 5.41) is 7.07. The Morgan fingerprint density at radius 3 is 2.76 bits per heavy atom. The third-order valence-electron chi connectivity index (χ3n) is 3.13. The van der Waals surface area contributed by atoms with E-state index in [2.05, 4.69) is 10.4 Å². The van der Waals surface area contributed by atoms with Gasteiger partial charge in [-0.05, 0) is 12.8 Å². The number of carbonyl (C=O) groups is 1. The highest BCUT2D eigenvalue weighted by molar-refractivity contribution is 5.81. The van der Waals surface area contributed by atoms with Crippen molar-refractivity contribution in [3.8, 4) is 0 Å². The van der Waals surface area contributed by atoms with Crippen LogP contribution in [0.3, 0.4) is 0 Å². The number of nitrogens with one attached hydrogen (secondary N) is 1. The number of hydrogen-bond donors (Lipinski definition) is 2. The first-order chi connectivity index (χ1) is 7.95. The molecule has 1 aromatic heterocycles. The molecule has 1 heterocycles. The van der Waals surface area contributed by atoms with Crippen LogP contribution in [0.25, 0.3) is 0 Å². The number of aryl methyl sites for hydroxylation is 2. The normalized spacial score (nSPS) is 14.4. The minimum atomic E-state index is -0.433. The second-order valence-corrected chi connectivity index (χ2v) is 4.54. The van der Waals surface area contributed by atoms with Crippen LogP contribution in [0, 0.1) is 12.8 Å². The number of aromatic nitrogens is 2. The van der Waals surface area contributed by atoms with Crippen molar-refractivity contribution in [3.63, 3.8) is 0 Å². The van der Waals surface area contributed by atoms with Crippen molar-refractivity contribution in [1.82, 2.24) is 15.1 Å². The molecule has 0 aromatic carbocycles. The van der Waals surface area contributed by atoms with Crippen molar-refractivity contribution in [1.29, 1.82) is 0 Å². The molecule has 1 amide bonds. The van der Waals surface area contributed by atoms with Crippen LogP contribution in [0.1, 0.15) is 31.5 Å². The number of nitrogens with two attached hydrogens (primary N) is 1. The molecule has 0 saturated heterocycles. The molecular weight excluding hydrogens is 216 g/mol. The highest BCUT2D eigenvalue weighted by atomic mass is 16.2. The summed E-state index contributed by atoms with van der Waals surface area (Å²) in [6, 6.07) is -0.433. The lowest BCUT2D eigenvalue weighted by atomic mass is 9.99. The van der Waals surface area contributed by atoms with Crippen LogP contribution < -0.4 is 11.1 Å². The maximum atomic E-state index is 11.8. The third kappa shape index (κ3) is 3.56. The Morgan fingerprint density at radius 2 is 2.29 bits per heavy atom. The average Bonchev–Trinajstić information content (AvgIpc) is 2.62. The second kappa shape index (κ2) is 5.82. The van der Waals surface area contributed by atoms with Crippen LogP contribution in [0.4, 0.5) is 0 Å². The van der Waals surface area contributed by atoms with E-state index < -0.39 is 6.04 Å². The summed E-state index contributed by atoms with van der Waals surface area (Å²) in [5.74, 6) is 0.104. The van der Waals surface area contributed by atoms with E-state index in [1.807, 2.05) is 34.0 Å². The summed E-state index contributed by atoms with van der Waals surface area (Å²) in [4.78, 5) is 11.8. The van der Waals surface area contributed by atoms with Gasteiger partial charge in [0.1, 0.15) is 0 Å². The molecule has 5 heteroatoms. The third-order valence-corrected chi connectivity index (χ3v) is 3.13. The maximum absolute atomic E-state index is 11.8. The molecule has 1 rings (SSSR count). The predicted molar refractivity (Wildman–Crippen MR) is 67.2 cm³/mol. The molecule has 1 aromatic rings. The van der Waals surface area contributed by atoms with E-state index in [9.17, 15) is 4.79 Å². The molecule has 0 unspecified atom stereocenters. The fourth-order valence-corrected chi connectivity index (χ4v) is 1.63. The first-order valence-electron chi connectivity index (χ1n) is 5.98. The van der Waals surface area contributed by atoms with Crippen molar-refractivity contribution in [2.75, 3.05) is 0 Å². The molecule has 0 saturated carbocycles. The van der Waals surface area contributed by atoms with E-state index in [0.717, 1.165) is 17.7 Å². The summed E-state index contributed by atoms with van der Waals surface area (Å²) in [7, 11) is 1.86. The molecule has 17 heavy (non-hydrogen) atoms. The molecule has 2 atom stereocenters. The zero-order valence-corrected chi connectivity index (χ0v) is 11.0. The lowest BCUT2D eigenvalue weighted by molar-refractivity contribution is -0.123. The van der Waals surface area contributed by atoms with Crippen molar-refractivity contribution in [3.05, 3.63) is 17.5 Å². The number of nitrogens with zero attached hydrogens (tertiary/aromatic N) is 2. The second-order valence-electron chi connectivity index (χ2n) is 4.54. The van der Waals surface area contributed by atoms with Gasteiger partial charge in [0.25, 0.3) is 0 Å². The predicted octanol–water partition coefficient (Wildman–Crippen LogP) is 0.718. The van der Waals surface area contributed by atoms with Gasteiger partial charge in [0, 0.05) is 25.4 Å². The number of hydrogen-bond acceptors (Lipinski definition) is 3. The van der Waals surface area contributed by atoms with Crippen molar-refractivity contribution in [2.45, 2.75) is 39.8 Å². The number of amides is 1. The van der Waals surface area contributed by atoms with Crippen LogP contribution in [0.2, 0.25) is 0 Å². The largest absolute Gasteiger partial charge is 0.351 e. The molecule has 0 aliphatic heterocycles. The van der Waals surface area contributed by atoms with Crippen LogP contribution in [-0.4, -0.2) is 21.7 Å². The van der Waals surface area contributed by atoms with Gasteiger partial charge in [0.15, 0.2) is 0 Å². The SMILES string of the molecule is CC[C@H](C)[C@H](N)C(=O)NCc1cn(C)nc1C. The zero-order chi connectivity index (χ0) is 13.0. The Kier molecular flexibility index (Phi) is 4.69. The highest BCUT2D eigenvalue weighted by Crippen LogP contribution is 2.07. The van der Waals surface area contributed by atoms with Crippen LogP contribution in [0.15, 0.2) is 6.20 Å². The van der Waals surface area contributed by atoms with E-state index in [4.69, 9.17) is 5.73 Å². The molecule has 0 spiro atoms. The summed E-state index contributed by atoms with van der Waals surface area (Å²) in [6.07, 6.45) is 2.81. The molecular formula is C12H22N4O. The molecule has 0 radical (unpaired) electrons. The smallest absolute Gasteiger partial charge is 0.237 e. The van der Waals surface area contributed by atoms with Crippen molar-refractivity contribution < 1.29 is 4.79 Å². The zero-order valence-electron chi connectivity index (χ0n) is 11.0. The molecule has 0 aliphatic carbocycles. The van der Waals surface area contributed by atoms with Gasteiger partial charge in [-0.3, -0.25) is 9.48 Å². The summed E-state index contributed by atoms with van der Waals surface area (Å²) in [5.41, 5.74) is 7.81. The van der Waals surface area contributed by atoms with E-state index in [-0.39, 0.29) is 11.8 Å². The Hall–Kier alpha value is -1.36. The Balaban J connectivity index is 2.51. The summed E-state index contributed by atoms with van der Waals surface area (Å²) < 4.78 is 1.74. The van der Waals surface area contributed by atoms with Gasteiger partial charge in [0.2, 0.25) is 5.91 Å². The molecule has 0 bridgehead atoms. The topological polar surface area (TPSA) is 72.9 Å². The van der Waals surface area contributed by atoms with Gasteiger partial charge >= 0.3 is 0 Å². The van der Waals surface area contributed by atoms with Crippen LogP contribution >= 0.6 is 0 Å². The Bertz CT molecular complexity index is 386. The van der Waals surface area contributed by atoms with Gasteiger partial charge in [-0.1, -0.05) is 20.3 Å². The standard InChI is InChI=1S/C12H22N4O/c1-5-8(2)11(13)12(17)14-6-10-7-16(4)15-9(10)3/h7-8,11H,5-6,13H2,1-4H3,(H,14,17)/t8-,11-/m0/s1. The number of rotatable bonds is 5. The first kappa shape index (κ1) is 13.7. The van der Waals surface area contributed by atoms with Gasteiger partial charge in [-0.2, -0.15) is 5.10 Å². The van der Waals surface area contributed by atoms with Gasteiger partial charge in [0.05, 0.1) is 11.7 Å². The van der Waals surface area contributed by atoms with Crippen LogP contribution in [0.5, 0.6) is 0 Å². The van der Waals surface area contributed by atoms with Gasteiger partial charge < -0.3 is 11.1 Å². The van der Waals surface area contributed by atoms with E-state index >= 15 is 0 Å². The fourth-order valence-electron chi connectivity index (χ4n) is 1.63. The van der Waals surface area contributed by atoms with Crippen molar-refractivity contribution in [2.24, 2.45) is 18.7 Å². The molecule has 3 N–H and O–H groups in total. The molecule has 0 fully saturated rings. The lowest BCUT2D eigenvalue weighted by Crippen LogP contribution is -2.44. The summed E-state index contributed by atoms with van der Waals surface area (Å²) >= 11 is 0. The Labute approximate surface area is 102 Å². The first-order valence-corrected chi connectivity index (χ1v) is 5.98. The van der Waals surface area contributed by atoms with Gasteiger partial charge in [-0.15, -0.1) is 0 Å². The molecule has 5 nitrogen and oxygen atoms in total. The number of carbonyl (C=O) groups excluding carboxylic acids is 1. The minimum absolute atomic E-state index is 0.0948. The quantitative estimate of drug-likeness (QED) is 0.794. The van der Waals surface area contributed by atoms with Gasteiger partial charge in [-0.25, -0.2) is 0 Å². The van der Waals surface area contributed by atoms with E-state index in [1.54, 1.807) is 4.68 Å². The average molecular weight is 238 g/mol. The molecule has 0 aliphatic rings. The Morgan fingerprint density at radius 1 is 1.65 bits per heavy atom.